The molecular weight excluding hydrogens is 166 g/mol. The minimum atomic E-state index is 0.777. The monoisotopic (exact) mass is 181 g/mol. The number of rotatable bonds is 4. The summed E-state index contributed by atoms with van der Waals surface area (Å²) < 4.78 is 0. The molecular formula is C10H15NS. The summed E-state index contributed by atoms with van der Waals surface area (Å²) in [5.74, 6) is 3.04. The van der Waals surface area contributed by atoms with Gasteiger partial charge < -0.3 is 0 Å². The second kappa shape index (κ2) is 5.20. The topological polar surface area (TPSA) is 12.9 Å². The summed E-state index contributed by atoms with van der Waals surface area (Å²) in [5.41, 5.74) is 1.18. The second-order valence-corrected chi connectivity index (χ2v) is 4.26. The van der Waals surface area contributed by atoms with Crippen molar-refractivity contribution in [2.75, 3.05) is 5.75 Å². The summed E-state index contributed by atoms with van der Waals surface area (Å²) in [4.78, 5) is 4.25. The number of pyridine rings is 1. The van der Waals surface area contributed by atoms with Crippen molar-refractivity contribution in [3.8, 4) is 0 Å². The van der Waals surface area contributed by atoms with Gasteiger partial charge in [-0.15, -0.1) is 0 Å². The molecule has 0 saturated heterocycles. The molecule has 1 aromatic rings. The first-order chi connectivity index (χ1) is 5.79. The maximum atomic E-state index is 4.25. The van der Waals surface area contributed by atoms with Gasteiger partial charge in [0, 0.05) is 11.9 Å². The summed E-state index contributed by atoms with van der Waals surface area (Å²) in [6, 6.07) is 6.07. The van der Waals surface area contributed by atoms with E-state index in [1.165, 1.54) is 11.4 Å². The molecule has 0 saturated carbocycles. The Kier molecular flexibility index (Phi) is 4.15. The van der Waals surface area contributed by atoms with Crippen molar-refractivity contribution >= 4 is 11.8 Å². The van der Waals surface area contributed by atoms with Gasteiger partial charge in [-0.05, 0) is 23.8 Å². The molecule has 0 aromatic carbocycles. The van der Waals surface area contributed by atoms with Crippen LogP contribution in [0.1, 0.15) is 19.5 Å². The summed E-state index contributed by atoms with van der Waals surface area (Å²) in [6.45, 7) is 4.48. The third kappa shape index (κ3) is 3.77. The maximum Gasteiger partial charge on any atom is 0.0502 e. The maximum absolute atomic E-state index is 4.25. The van der Waals surface area contributed by atoms with E-state index in [1.807, 2.05) is 30.1 Å². The SMILES string of the molecule is CC(C)CSCc1ccccn1. The molecule has 2 heteroatoms. The molecule has 0 aliphatic rings. The van der Waals surface area contributed by atoms with Crippen LogP contribution in [0.25, 0.3) is 0 Å². The Morgan fingerprint density at radius 1 is 1.42 bits per heavy atom. The molecule has 1 nitrogen and oxygen atoms in total. The first kappa shape index (κ1) is 9.59. The zero-order valence-electron chi connectivity index (χ0n) is 7.66. The summed E-state index contributed by atoms with van der Waals surface area (Å²) in [5, 5.41) is 0. The smallest absolute Gasteiger partial charge is 0.0502 e. The lowest BCUT2D eigenvalue weighted by Gasteiger charge is -2.03. The van der Waals surface area contributed by atoms with Crippen LogP contribution in [0.15, 0.2) is 24.4 Å². The van der Waals surface area contributed by atoms with Crippen LogP contribution in [0.4, 0.5) is 0 Å². The lowest BCUT2D eigenvalue weighted by atomic mass is 10.3. The second-order valence-electron chi connectivity index (χ2n) is 3.23. The number of nitrogens with zero attached hydrogens (tertiary/aromatic N) is 1. The fourth-order valence-corrected chi connectivity index (χ4v) is 1.85. The Balaban J connectivity index is 2.25. The van der Waals surface area contributed by atoms with E-state index >= 15 is 0 Å². The molecule has 12 heavy (non-hydrogen) atoms. The molecule has 0 unspecified atom stereocenters. The Hall–Kier alpha value is -0.500. The molecule has 0 N–H and O–H groups in total. The molecule has 66 valence electrons. The molecule has 0 fully saturated rings. The average molecular weight is 181 g/mol. The van der Waals surface area contributed by atoms with Crippen molar-refractivity contribution in [2.45, 2.75) is 19.6 Å². The number of thioether (sulfide) groups is 1. The zero-order chi connectivity index (χ0) is 8.81. The van der Waals surface area contributed by atoms with Gasteiger partial charge >= 0.3 is 0 Å². The fourth-order valence-electron chi connectivity index (χ4n) is 0.883. The first-order valence-electron chi connectivity index (χ1n) is 4.26. The highest BCUT2D eigenvalue weighted by Crippen LogP contribution is 2.12. The van der Waals surface area contributed by atoms with Crippen molar-refractivity contribution in [2.24, 2.45) is 5.92 Å². The molecule has 1 aromatic heterocycles. The van der Waals surface area contributed by atoms with Crippen molar-refractivity contribution in [1.29, 1.82) is 0 Å². The largest absolute Gasteiger partial charge is 0.260 e. The van der Waals surface area contributed by atoms with Crippen LogP contribution >= 0.6 is 11.8 Å². The van der Waals surface area contributed by atoms with Crippen LogP contribution in [-0.4, -0.2) is 10.7 Å². The molecule has 0 spiro atoms. The molecule has 0 amide bonds. The van der Waals surface area contributed by atoms with Crippen LogP contribution in [-0.2, 0) is 5.75 Å². The summed E-state index contributed by atoms with van der Waals surface area (Å²) >= 11 is 1.95. The number of hydrogen-bond acceptors (Lipinski definition) is 2. The Bertz CT molecular complexity index is 208. The van der Waals surface area contributed by atoms with Gasteiger partial charge in [0.1, 0.15) is 0 Å². The standard InChI is InChI=1S/C10H15NS/c1-9(2)7-12-8-10-5-3-4-6-11-10/h3-6,9H,7-8H2,1-2H3. The van der Waals surface area contributed by atoms with E-state index in [0.717, 1.165) is 11.7 Å². The van der Waals surface area contributed by atoms with E-state index in [4.69, 9.17) is 0 Å². The quantitative estimate of drug-likeness (QED) is 0.708. The van der Waals surface area contributed by atoms with Crippen molar-refractivity contribution < 1.29 is 0 Å². The third-order valence-electron chi connectivity index (χ3n) is 1.43. The first-order valence-corrected chi connectivity index (χ1v) is 5.42. The predicted octanol–water partition coefficient (Wildman–Crippen LogP) is 2.97. The minimum Gasteiger partial charge on any atom is -0.260 e. The highest BCUT2D eigenvalue weighted by Gasteiger charge is 1.95. The Labute approximate surface area is 78.6 Å². The van der Waals surface area contributed by atoms with Crippen LogP contribution in [0, 0.1) is 5.92 Å². The normalized spacial score (nSPS) is 10.6. The molecule has 0 aliphatic carbocycles. The third-order valence-corrected chi connectivity index (χ3v) is 2.83. The van der Waals surface area contributed by atoms with E-state index in [2.05, 4.69) is 24.9 Å². The van der Waals surface area contributed by atoms with E-state index < -0.39 is 0 Å². The lowest BCUT2D eigenvalue weighted by Crippen LogP contribution is -1.92. The van der Waals surface area contributed by atoms with Crippen molar-refractivity contribution in [1.82, 2.24) is 4.98 Å². The zero-order valence-corrected chi connectivity index (χ0v) is 8.47. The van der Waals surface area contributed by atoms with E-state index in [0.29, 0.717) is 0 Å². The molecule has 0 aliphatic heterocycles. The Morgan fingerprint density at radius 3 is 2.83 bits per heavy atom. The van der Waals surface area contributed by atoms with Gasteiger partial charge in [0.2, 0.25) is 0 Å². The van der Waals surface area contributed by atoms with Gasteiger partial charge in [-0.1, -0.05) is 19.9 Å². The average Bonchev–Trinajstić information content (AvgIpc) is 2.05. The molecule has 0 radical (unpaired) electrons. The van der Waals surface area contributed by atoms with E-state index in [-0.39, 0.29) is 0 Å². The van der Waals surface area contributed by atoms with Crippen LogP contribution in [0.5, 0.6) is 0 Å². The highest BCUT2D eigenvalue weighted by atomic mass is 32.2. The highest BCUT2D eigenvalue weighted by molar-refractivity contribution is 7.98. The van der Waals surface area contributed by atoms with Gasteiger partial charge in [0.25, 0.3) is 0 Å². The van der Waals surface area contributed by atoms with E-state index in [9.17, 15) is 0 Å². The number of aromatic nitrogens is 1. The molecule has 1 rings (SSSR count). The van der Waals surface area contributed by atoms with Gasteiger partial charge in [-0.3, -0.25) is 4.98 Å². The molecule has 0 atom stereocenters. The summed E-state index contributed by atoms with van der Waals surface area (Å²) in [6.07, 6.45) is 1.85. The van der Waals surface area contributed by atoms with Crippen molar-refractivity contribution in [3.63, 3.8) is 0 Å². The molecule has 1 heterocycles. The van der Waals surface area contributed by atoms with Crippen molar-refractivity contribution in [3.05, 3.63) is 30.1 Å². The van der Waals surface area contributed by atoms with Gasteiger partial charge in [-0.25, -0.2) is 0 Å². The minimum absolute atomic E-state index is 0.777. The van der Waals surface area contributed by atoms with E-state index in [1.54, 1.807) is 0 Å². The van der Waals surface area contributed by atoms with Crippen LogP contribution in [0.3, 0.4) is 0 Å². The predicted molar refractivity (Wildman–Crippen MR) is 55.2 cm³/mol. The van der Waals surface area contributed by atoms with Crippen LogP contribution < -0.4 is 0 Å². The van der Waals surface area contributed by atoms with Gasteiger partial charge in [-0.2, -0.15) is 11.8 Å². The lowest BCUT2D eigenvalue weighted by molar-refractivity contribution is 0.750. The summed E-state index contributed by atoms with van der Waals surface area (Å²) in [7, 11) is 0. The van der Waals surface area contributed by atoms with Gasteiger partial charge in [0.05, 0.1) is 5.69 Å². The molecule has 0 bridgehead atoms. The fraction of sp³-hybridized carbons (Fsp3) is 0.500. The van der Waals surface area contributed by atoms with Gasteiger partial charge in [0.15, 0.2) is 0 Å². The number of hydrogen-bond donors (Lipinski definition) is 0. The Morgan fingerprint density at radius 2 is 2.25 bits per heavy atom. The van der Waals surface area contributed by atoms with Crippen LogP contribution in [0.2, 0.25) is 0 Å².